The molecule has 0 unspecified atom stereocenters. The van der Waals surface area contributed by atoms with E-state index in [4.69, 9.17) is 4.74 Å². The van der Waals surface area contributed by atoms with Gasteiger partial charge in [-0.2, -0.15) is 0 Å². The van der Waals surface area contributed by atoms with Crippen molar-refractivity contribution in [2.45, 2.75) is 39.3 Å². The second kappa shape index (κ2) is 13.6. The highest BCUT2D eigenvalue weighted by Crippen LogP contribution is 2.23. The number of nitrogens with zero attached hydrogens (tertiary/aromatic N) is 2. The van der Waals surface area contributed by atoms with Crippen molar-refractivity contribution < 1.29 is 19.1 Å². The predicted molar refractivity (Wildman–Crippen MR) is 155 cm³/mol. The fourth-order valence-electron chi connectivity index (χ4n) is 3.89. The van der Waals surface area contributed by atoms with E-state index < -0.39 is 11.7 Å². The molecule has 0 atom stereocenters. The molecular weight excluding hydrogens is 492 g/mol. The first-order valence-corrected chi connectivity index (χ1v) is 13.0. The van der Waals surface area contributed by atoms with Gasteiger partial charge in [-0.1, -0.05) is 42.5 Å². The second-order valence-corrected chi connectivity index (χ2v) is 10.6. The number of para-hydroxylation sites is 2. The van der Waals surface area contributed by atoms with E-state index in [1.54, 1.807) is 69.3 Å². The molecule has 0 saturated heterocycles. The maximum Gasteiger partial charge on any atom is 0.412 e. The number of anilines is 2. The van der Waals surface area contributed by atoms with E-state index in [9.17, 15) is 14.4 Å². The lowest BCUT2D eigenvalue weighted by Crippen LogP contribution is -2.33. The lowest BCUT2D eigenvalue weighted by Gasteiger charge is -2.24. The molecule has 0 fully saturated rings. The first-order valence-electron chi connectivity index (χ1n) is 13.0. The average molecular weight is 531 g/mol. The molecule has 0 aromatic heterocycles. The molecule has 0 aliphatic heterocycles. The highest BCUT2D eigenvalue weighted by atomic mass is 16.6. The topological polar surface area (TPSA) is 91.0 Å². The molecular formula is C31H38N4O4. The molecule has 8 heteroatoms. The van der Waals surface area contributed by atoms with Crippen LogP contribution < -0.4 is 10.6 Å². The number of rotatable bonds is 10. The minimum absolute atomic E-state index is 0.0866. The number of amides is 3. The minimum atomic E-state index is -0.648. The van der Waals surface area contributed by atoms with Crippen molar-refractivity contribution >= 4 is 29.3 Å². The summed E-state index contributed by atoms with van der Waals surface area (Å²) in [6.07, 6.45) is 0.237. The molecule has 0 aliphatic rings. The molecule has 3 amide bonds. The van der Waals surface area contributed by atoms with Gasteiger partial charge in [-0.3, -0.25) is 14.9 Å². The van der Waals surface area contributed by atoms with Crippen LogP contribution in [0, 0.1) is 0 Å². The summed E-state index contributed by atoms with van der Waals surface area (Å²) in [5.41, 5.74) is 2.17. The summed E-state index contributed by atoms with van der Waals surface area (Å²) in [6.45, 7) is 7.34. The Balaban J connectivity index is 1.70. The third kappa shape index (κ3) is 9.57. The summed E-state index contributed by atoms with van der Waals surface area (Å²) in [4.78, 5) is 42.5. The standard InChI is InChI=1S/C31H38N4O4/c1-31(2,3)39-30(38)33-27-15-10-9-14-26(27)32-28(36)24-16-18-25(19-17-24)29(37)35(21-11-20-34(4)5)22-23-12-7-6-8-13-23/h6-10,12-19H,11,20-22H2,1-5H3,(H,32,36)(H,33,38). The molecule has 8 nitrogen and oxygen atoms in total. The zero-order chi connectivity index (χ0) is 28.4. The van der Waals surface area contributed by atoms with Crippen LogP contribution in [-0.2, 0) is 11.3 Å². The van der Waals surface area contributed by atoms with E-state index in [1.165, 1.54) is 0 Å². The quantitative estimate of drug-likeness (QED) is 0.342. The largest absolute Gasteiger partial charge is 0.444 e. The Labute approximate surface area is 231 Å². The van der Waals surface area contributed by atoms with Gasteiger partial charge >= 0.3 is 6.09 Å². The van der Waals surface area contributed by atoms with E-state index in [-0.39, 0.29) is 11.8 Å². The minimum Gasteiger partial charge on any atom is -0.444 e. The fourth-order valence-corrected chi connectivity index (χ4v) is 3.89. The third-order valence-electron chi connectivity index (χ3n) is 5.74. The molecule has 0 radical (unpaired) electrons. The van der Waals surface area contributed by atoms with Gasteiger partial charge in [0.05, 0.1) is 11.4 Å². The van der Waals surface area contributed by atoms with Gasteiger partial charge in [0.25, 0.3) is 11.8 Å². The van der Waals surface area contributed by atoms with Gasteiger partial charge in [0, 0.05) is 24.2 Å². The van der Waals surface area contributed by atoms with Crippen molar-refractivity contribution in [1.82, 2.24) is 9.80 Å². The Kier molecular flexibility index (Phi) is 10.2. The maximum atomic E-state index is 13.4. The molecule has 0 saturated carbocycles. The summed E-state index contributed by atoms with van der Waals surface area (Å²) in [5.74, 6) is -0.448. The van der Waals surface area contributed by atoms with Crippen LogP contribution in [0.3, 0.4) is 0 Å². The average Bonchev–Trinajstić information content (AvgIpc) is 2.88. The Bertz CT molecular complexity index is 1250. The monoisotopic (exact) mass is 530 g/mol. The van der Waals surface area contributed by atoms with E-state index >= 15 is 0 Å². The lowest BCUT2D eigenvalue weighted by atomic mass is 10.1. The van der Waals surface area contributed by atoms with Crippen molar-refractivity contribution in [2.24, 2.45) is 0 Å². The highest BCUT2D eigenvalue weighted by Gasteiger charge is 2.19. The normalized spacial score (nSPS) is 11.1. The maximum absolute atomic E-state index is 13.4. The summed E-state index contributed by atoms with van der Waals surface area (Å²) < 4.78 is 5.31. The van der Waals surface area contributed by atoms with Gasteiger partial charge in [-0.25, -0.2) is 4.79 Å². The van der Waals surface area contributed by atoms with Crippen LogP contribution in [0.15, 0.2) is 78.9 Å². The molecule has 0 heterocycles. The zero-order valence-electron chi connectivity index (χ0n) is 23.4. The first kappa shape index (κ1) is 29.4. The summed E-state index contributed by atoms with van der Waals surface area (Å²) in [6, 6.07) is 23.4. The summed E-state index contributed by atoms with van der Waals surface area (Å²) in [5, 5.41) is 5.50. The van der Waals surface area contributed by atoms with Crippen LogP contribution >= 0.6 is 0 Å². The van der Waals surface area contributed by atoms with Crippen LogP contribution in [0.4, 0.5) is 16.2 Å². The Morgan fingerprint density at radius 1 is 0.744 bits per heavy atom. The number of ether oxygens (including phenoxy) is 1. The predicted octanol–water partition coefficient (Wildman–Crippen LogP) is 5.88. The van der Waals surface area contributed by atoms with Crippen LogP contribution in [0.2, 0.25) is 0 Å². The van der Waals surface area contributed by atoms with Gasteiger partial charge in [0.2, 0.25) is 0 Å². The molecule has 3 aromatic carbocycles. The Morgan fingerprint density at radius 2 is 1.31 bits per heavy atom. The van der Waals surface area contributed by atoms with E-state index in [1.807, 2.05) is 49.3 Å². The molecule has 3 rings (SSSR count). The Morgan fingerprint density at radius 3 is 1.90 bits per heavy atom. The smallest absolute Gasteiger partial charge is 0.412 e. The van der Waals surface area contributed by atoms with Crippen molar-refractivity contribution in [3.05, 3.63) is 95.6 Å². The zero-order valence-corrected chi connectivity index (χ0v) is 23.4. The van der Waals surface area contributed by atoms with Crippen molar-refractivity contribution in [1.29, 1.82) is 0 Å². The van der Waals surface area contributed by atoms with E-state index in [0.717, 1.165) is 18.5 Å². The van der Waals surface area contributed by atoms with E-state index in [0.29, 0.717) is 35.6 Å². The van der Waals surface area contributed by atoms with Gasteiger partial charge in [0.1, 0.15) is 5.60 Å². The Hall–Kier alpha value is -4.17. The number of hydrogen-bond acceptors (Lipinski definition) is 5. The number of hydrogen-bond donors (Lipinski definition) is 2. The lowest BCUT2D eigenvalue weighted by molar-refractivity contribution is 0.0635. The van der Waals surface area contributed by atoms with Gasteiger partial charge < -0.3 is 19.9 Å². The number of nitrogens with one attached hydrogen (secondary N) is 2. The van der Waals surface area contributed by atoms with Crippen LogP contribution in [0.5, 0.6) is 0 Å². The van der Waals surface area contributed by atoms with E-state index in [2.05, 4.69) is 15.5 Å². The third-order valence-corrected chi connectivity index (χ3v) is 5.74. The molecule has 0 aliphatic carbocycles. The van der Waals surface area contributed by atoms with Crippen molar-refractivity contribution in [2.75, 3.05) is 37.8 Å². The number of carbonyl (C=O) groups is 3. The summed E-state index contributed by atoms with van der Waals surface area (Å²) >= 11 is 0. The second-order valence-electron chi connectivity index (χ2n) is 10.6. The fraction of sp³-hybridized carbons (Fsp3) is 0.323. The van der Waals surface area contributed by atoms with Crippen molar-refractivity contribution in [3.8, 4) is 0 Å². The highest BCUT2D eigenvalue weighted by molar-refractivity contribution is 6.07. The first-order chi connectivity index (χ1) is 18.5. The summed E-state index contributed by atoms with van der Waals surface area (Å²) in [7, 11) is 4.03. The molecule has 0 bridgehead atoms. The molecule has 0 spiro atoms. The van der Waals surface area contributed by atoms with Gasteiger partial charge in [0.15, 0.2) is 0 Å². The van der Waals surface area contributed by atoms with Gasteiger partial charge in [-0.15, -0.1) is 0 Å². The molecule has 2 N–H and O–H groups in total. The number of benzene rings is 3. The van der Waals surface area contributed by atoms with Crippen LogP contribution in [-0.4, -0.2) is 60.5 Å². The number of carbonyl (C=O) groups excluding carboxylic acids is 3. The SMILES string of the molecule is CN(C)CCCN(Cc1ccccc1)C(=O)c1ccc(C(=O)Nc2ccccc2NC(=O)OC(C)(C)C)cc1. The molecule has 3 aromatic rings. The molecule has 39 heavy (non-hydrogen) atoms. The van der Waals surface area contributed by atoms with Crippen molar-refractivity contribution in [3.63, 3.8) is 0 Å². The molecule has 206 valence electrons. The van der Waals surface area contributed by atoms with Gasteiger partial charge in [-0.05, 0) is 89.8 Å². The van der Waals surface area contributed by atoms with Crippen LogP contribution in [0.25, 0.3) is 0 Å². The van der Waals surface area contributed by atoms with Crippen LogP contribution in [0.1, 0.15) is 53.5 Å².